The molecule has 51 valence electrons. The monoisotopic (exact) mass is 136 g/mol. The number of carbonyl (C=O) groups excluding carboxylic acids is 1. The van der Waals surface area contributed by atoms with E-state index in [1.165, 1.54) is 19.2 Å². The average Bonchev–Trinajstić information content (AvgIpc) is 1.88. The molecule has 0 aliphatic heterocycles. The lowest BCUT2D eigenvalue weighted by Gasteiger charge is -1.96. The zero-order valence-electron chi connectivity index (χ0n) is 5.50. The summed E-state index contributed by atoms with van der Waals surface area (Å²) in [6.45, 7) is 1.35. The normalized spacial score (nSPS) is 8.90. The molecule has 3 nitrogen and oxygen atoms in total. The lowest BCUT2D eigenvalue weighted by Crippen LogP contribution is -2.00. The van der Waals surface area contributed by atoms with Crippen LogP contribution in [0.4, 0.5) is 0 Å². The number of ether oxygens (including phenoxy) is 1. The van der Waals surface area contributed by atoms with Crippen molar-refractivity contribution in [3.63, 3.8) is 0 Å². The van der Waals surface area contributed by atoms with Gasteiger partial charge in [-0.1, -0.05) is 0 Å². The Morgan fingerprint density at radius 3 is 3.10 bits per heavy atom. The summed E-state index contributed by atoms with van der Waals surface area (Å²) in [5.41, 5.74) is 0. The van der Waals surface area contributed by atoms with E-state index in [1.54, 1.807) is 6.07 Å². The minimum absolute atomic E-state index is 0.334. The molecule has 0 unspecified atom stereocenters. The fourth-order valence-electron chi connectivity index (χ4n) is 0.532. The second-order valence-electron chi connectivity index (χ2n) is 1.71. The number of aromatic nitrogens is 1. The fraction of sp³-hybridized carbons (Fsp3) is 0.143. The first-order valence-corrected chi connectivity index (χ1v) is 2.79. The number of pyridine rings is 1. The van der Waals surface area contributed by atoms with Crippen molar-refractivity contribution in [3.05, 3.63) is 24.5 Å². The Morgan fingerprint density at radius 2 is 2.60 bits per heavy atom. The van der Waals surface area contributed by atoms with E-state index in [2.05, 4.69) is 11.2 Å². The Morgan fingerprint density at radius 1 is 1.80 bits per heavy atom. The molecular weight excluding hydrogens is 130 g/mol. The van der Waals surface area contributed by atoms with Gasteiger partial charge in [-0.2, -0.15) is 0 Å². The maximum atomic E-state index is 10.4. The number of esters is 1. The first kappa shape index (κ1) is 6.74. The molecule has 0 atom stereocenters. The minimum Gasteiger partial charge on any atom is -0.427 e. The van der Waals surface area contributed by atoms with Crippen LogP contribution in [0.2, 0.25) is 0 Å². The summed E-state index contributed by atoms with van der Waals surface area (Å²) >= 11 is 0. The largest absolute Gasteiger partial charge is 0.427 e. The standard InChI is InChI=1S/C7H6NO2/c1-6(9)10-7-2-4-8-5-3-7/h2-4H,1H3. The molecule has 0 aliphatic rings. The van der Waals surface area contributed by atoms with Gasteiger partial charge in [0.2, 0.25) is 0 Å². The van der Waals surface area contributed by atoms with Gasteiger partial charge in [0.05, 0.1) is 6.20 Å². The molecule has 3 heteroatoms. The number of rotatable bonds is 1. The molecule has 0 spiro atoms. The van der Waals surface area contributed by atoms with Gasteiger partial charge in [-0.05, 0) is 6.07 Å². The highest BCUT2D eigenvalue weighted by atomic mass is 16.5. The molecule has 0 amide bonds. The van der Waals surface area contributed by atoms with Crippen LogP contribution in [0.1, 0.15) is 6.92 Å². The van der Waals surface area contributed by atoms with Gasteiger partial charge in [-0.15, -0.1) is 0 Å². The van der Waals surface area contributed by atoms with Crippen LogP contribution in [-0.4, -0.2) is 11.0 Å². The Hall–Kier alpha value is -1.38. The van der Waals surface area contributed by atoms with E-state index < -0.39 is 0 Å². The number of hydrogen-bond acceptors (Lipinski definition) is 3. The summed E-state index contributed by atoms with van der Waals surface area (Å²) in [5, 5.41) is 0. The van der Waals surface area contributed by atoms with Crippen LogP contribution in [0.15, 0.2) is 18.3 Å². The molecule has 0 aliphatic carbocycles. The third-order valence-corrected chi connectivity index (χ3v) is 0.856. The van der Waals surface area contributed by atoms with Gasteiger partial charge in [0.1, 0.15) is 5.75 Å². The van der Waals surface area contributed by atoms with Crippen molar-refractivity contribution >= 4 is 5.97 Å². The smallest absolute Gasteiger partial charge is 0.308 e. The van der Waals surface area contributed by atoms with E-state index in [1.807, 2.05) is 0 Å². The predicted molar refractivity (Wildman–Crippen MR) is 34.4 cm³/mol. The average molecular weight is 136 g/mol. The fourth-order valence-corrected chi connectivity index (χ4v) is 0.532. The van der Waals surface area contributed by atoms with Gasteiger partial charge >= 0.3 is 5.97 Å². The number of nitrogens with zero attached hydrogens (tertiary/aromatic N) is 1. The summed E-state index contributed by atoms with van der Waals surface area (Å²) in [7, 11) is 0. The maximum Gasteiger partial charge on any atom is 0.308 e. The molecule has 0 saturated carbocycles. The van der Waals surface area contributed by atoms with Crippen LogP contribution in [0, 0.1) is 6.20 Å². The van der Waals surface area contributed by atoms with Gasteiger partial charge in [0.25, 0.3) is 0 Å². The van der Waals surface area contributed by atoms with Crippen LogP contribution in [0.5, 0.6) is 5.75 Å². The lowest BCUT2D eigenvalue weighted by atomic mass is 10.4. The first-order valence-electron chi connectivity index (χ1n) is 2.79. The molecule has 1 aromatic heterocycles. The molecule has 0 saturated heterocycles. The highest BCUT2D eigenvalue weighted by Crippen LogP contribution is 2.05. The van der Waals surface area contributed by atoms with E-state index in [4.69, 9.17) is 4.74 Å². The van der Waals surface area contributed by atoms with Gasteiger partial charge < -0.3 is 4.74 Å². The summed E-state index contributed by atoms with van der Waals surface area (Å²) in [5.74, 6) is 0.141. The molecule has 1 rings (SSSR count). The van der Waals surface area contributed by atoms with E-state index >= 15 is 0 Å². The van der Waals surface area contributed by atoms with E-state index in [0.29, 0.717) is 5.75 Å². The number of hydrogen-bond donors (Lipinski definition) is 0. The van der Waals surface area contributed by atoms with Crippen LogP contribution >= 0.6 is 0 Å². The highest BCUT2D eigenvalue weighted by Gasteiger charge is 1.93. The molecular formula is C7H6NO2. The predicted octanol–water partition coefficient (Wildman–Crippen LogP) is 0.807. The lowest BCUT2D eigenvalue weighted by molar-refractivity contribution is -0.131. The summed E-state index contributed by atoms with van der Waals surface area (Å²) in [6.07, 6.45) is 4.05. The third-order valence-electron chi connectivity index (χ3n) is 0.856. The van der Waals surface area contributed by atoms with Crippen LogP contribution in [0.25, 0.3) is 0 Å². The maximum absolute atomic E-state index is 10.4. The summed E-state index contributed by atoms with van der Waals surface area (Å²) in [6, 6.07) is 3.10. The van der Waals surface area contributed by atoms with Crippen molar-refractivity contribution < 1.29 is 9.53 Å². The zero-order chi connectivity index (χ0) is 7.40. The van der Waals surface area contributed by atoms with Crippen molar-refractivity contribution in [1.82, 2.24) is 4.98 Å². The quantitative estimate of drug-likeness (QED) is 0.536. The Balaban J connectivity index is 2.67. The minimum atomic E-state index is -0.334. The second kappa shape index (κ2) is 2.96. The second-order valence-corrected chi connectivity index (χ2v) is 1.71. The molecule has 10 heavy (non-hydrogen) atoms. The van der Waals surface area contributed by atoms with Gasteiger partial charge in [-0.25, -0.2) is 0 Å². The summed E-state index contributed by atoms with van der Waals surface area (Å²) < 4.78 is 4.70. The molecule has 0 bridgehead atoms. The Labute approximate surface area is 58.7 Å². The Kier molecular flexibility index (Phi) is 1.99. The SMILES string of the molecule is CC(=O)Oc1c[c]ncc1. The van der Waals surface area contributed by atoms with E-state index in [9.17, 15) is 4.79 Å². The molecule has 1 aromatic rings. The van der Waals surface area contributed by atoms with Crippen molar-refractivity contribution in [2.75, 3.05) is 0 Å². The molecule has 0 N–H and O–H groups in total. The zero-order valence-corrected chi connectivity index (χ0v) is 5.50. The third kappa shape index (κ3) is 1.85. The molecule has 0 aromatic carbocycles. The van der Waals surface area contributed by atoms with Crippen molar-refractivity contribution in [1.29, 1.82) is 0 Å². The van der Waals surface area contributed by atoms with Crippen molar-refractivity contribution in [3.8, 4) is 5.75 Å². The van der Waals surface area contributed by atoms with Crippen LogP contribution in [-0.2, 0) is 4.79 Å². The van der Waals surface area contributed by atoms with E-state index in [0.717, 1.165) is 0 Å². The van der Waals surface area contributed by atoms with Gasteiger partial charge in [0.15, 0.2) is 0 Å². The Bertz CT molecular complexity index is 220. The van der Waals surface area contributed by atoms with Crippen molar-refractivity contribution in [2.24, 2.45) is 0 Å². The topological polar surface area (TPSA) is 39.2 Å². The highest BCUT2D eigenvalue weighted by molar-refractivity contribution is 5.69. The molecule has 1 heterocycles. The van der Waals surface area contributed by atoms with Gasteiger partial charge in [-0.3, -0.25) is 9.78 Å². The first-order chi connectivity index (χ1) is 4.79. The summed E-state index contributed by atoms with van der Waals surface area (Å²) in [4.78, 5) is 14.0. The van der Waals surface area contributed by atoms with Crippen LogP contribution in [0.3, 0.4) is 0 Å². The van der Waals surface area contributed by atoms with E-state index in [-0.39, 0.29) is 5.97 Å². The molecule has 0 fully saturated rings. The molecule has 1 radical (unpaired) electrons. The number of carbonyl (C=O) groups is 1. The van der Waals surface area contributed by atoms with Crippen LogP contribution < -0.4 is 4.74 Å². The van der Waals surface area contributed by atoms with Gasteiger partial charge in [0, 0.05) is 19.2 Å². The van der Waals surface area contributed by atoms with Crippen molar-refractivity contribution in [2.45, 2.75) is 6.92 Å².